The zero-order valence-electron chi connectivity index (χ0n) is 9.42. The smallest absolute Gasteiger partial charge is 0.339 e. The van der Waals surface area contributed by atoms with Gasteiger partial charge in [-0.15, -0.1) is 11.7 Å². The summed E-state index contributed by atoms with van der Waals surface area (Å²) in [6.45, 7) is 8.11. The minimum atomic E-state index is -1.00. The van der Waals surface area contributed by atoms with Gasteiger partial charge < -0.3 is 10.0 Å². The van der Waals surface area contributed by atoms with Crippen LogP contribution in [0.2, 0.25) is 0 Å². The van der Waals surface area contributed by atoms with Gasteiger partial charge in [-0.2, -0.15) is 5.10 Å². The van der Waals surface area contributed by atoms with Gasteiger partial charge in [-0.25, -0.2) is 4.79 Å². The first-order valence-corrected chi connectivity index (χ1v) is 5.00. The molecule has 1 N–H and O–H groups in total. The fourth-order valence-corrected chi connectivity index (χ4v) is 1.38. The lowest BCUT2D eigenvalue weighted by molar-refractivity contribution is 0.0697. The van der Waals surface area contributed by atoms with E-state index in [4.69, 9.17) is 5.11 Å². The molecule has 0 unspecified atom stereocenters. The highest BCUT2D eigenvalue weighted by atomic mass is 16.4. The molecule has 0 atom stereocenters. The molecule has 0 saturated carbocycles. The molecule has 0 aliphatic carbocycles. The molecule has 0 aromatic carbocycles. The Balaban J connectivity index is 3.17. The largest absolute Gasteiger partial charge is 0.478 e. The first-order chi connectivity index (χ1) is 7.57. The van der Waals surface area contributed by atoms with Crippen molar-refractivity contribution in [3.8, 4) is 0 Å². The summed E-state index contributed by atoms with van der Waals surface area (Å²) < 4.78 is 0. The topological polar surface area (TPSA) is 66.3 Å². The van der Waals surface area contributed by atoms with Crippen LogP contribution in [0.5, 0.6) is 0 Å². The third kappa shape index (κ3) is 2.56. The van der Waals surface area contributed by atoms with Crippen LogP contribution in [0.3, 0.4) is 0 Å². The number of rotatable bonds is 5. The minimum absolute atomic E-state index is 0.132. The molecule has 86 valence electrons. The Kier molecular flexibility index (Phi) is 3.99. The van der Waals surface area contributed by atoms with E-state index in [0.717, 1.165) is 0 Å². The molecule has 0 bridgehead atoms. The average molecular weight is 221 g/mol. The number of hydrogen-bond acceptors (Lipinski definition) is 4. The van der Waals surface area contributed by atoms with Gasteiger partial charge in [-0.05, 0) is 19.9 Å². The monoisotopic (exact) mass is 221 g/mol. The second kappa shape index (κ2) is 5.25. The van der Waals surface area contributed by atoms with Crippen LogP contribution in [0, 0.1) is 0 Å². The molecule has 5 heteroatoms. The summed E-state index contributed by atoms with van der Waals surface area (Å²) in [5, 5.41) is 16.7. The molecule has 16 heavy (non-hydrogen) atoms. The Labute approximate surface area is 94.4 Å². The van der Waals surface area contributed by atoms with Crippen molar-refractivity contribution in [1.29, 1.82) is 0 Å². The average Bonchev–Trinajstić information content (AvgIpc) is 2.25. The molecule has 0 aliphatic rings. The second-order valence-electron chi connectivity index (χ2n) is 3.61. The SMILES string of the molecule is C=CCN(c1nnccc1C(=O)O)C(C)C. The number of hydrogen-bond donors (Lipinski definition) is 1. The summed E-state index contributed by atoms with van der Waals surface area (Å²) in [6, 6.07) is 1.58. The van der Waals surface area contributed by atoms with Crippen molar-refractivity contribution in [1.82, 2.24) is 10.2 Å². The standard InChI is InChI=1S/C11H15N3O2/c1-4-7-14(8(2)3)10-9(11(15)16)5-6-12-13-10/h4-6,8H,1,7H2,2-3H3,(H,15,16). The van der Waals surface area contributed by atoms with Gasteiger partial charge in [0.2, 0.25) is 0 Å². The van der Waals surface area contributed by atoms with Crippen molar-refractivity contribution in [2.24, 2.45) is 0 Å². The van der Waals surface area contributed by atoms with E-state index < -0.39 is 5.97 Å². The number of anilines is 1. The molecule has 0 spiro atoms. The van der Waals surface area contributed by atoms with E-state index in [0.29, 0.717) is 12.4 Å². The predicted octanol–water partition coefficient (Wildman–Crippen LogP) is 1.58. The minimum Gasteiger partial charge on any atom is -0.478 e. The van der Waals surface area contributed by atoms with Crippen LogP contribution in [-0.2, 0) is 0 Å². The first-order valence-electron chi connectivity index (χ1n) is 5.00. The van der Waals surface area contributed by atoms with Crippen LogP contribution in [0.1, 0.15) is 24.2 Å². The first kappa shape index (κ1) is 12.2. The molecule has 0 amide bonds. The van der Waals surface area contributed by atoms with E-state index in [-0.39, 0.29) is 11.6 Å². The van der Waals surface area contributed by atoms with Gasteiger partial charge in [0.05, 0.1) is 6.20 Å². The summed E-state index contributed by atoms with van der Waals surface area (Å²) >= 11 is 0. The van der Waals surface area contributed by atoms with E-state index >= 15 is 0 Å². The molecule has 1 heterocycles. The Bertz CT molecular complexity index is 391. The van der Waals surface area contributed by atoms with Crippen molar-refractivity contribution in [3.63, 3.8) is 0 Å². The zero-order valence-corrected chi connectivity index (χ0v) is 9.42. The van der Waals surface area contributed by atoms with E-state index in [2.05, 4.69) is 16.8 Å². The van der Waals surface area contributed by atoms with Gasteiger partial charge in [-0.1, -0.05) is 6.08 Å². The van der Waals surface area contributed by atoms with Gasteiger partial charge in [0.15, 0.2) is 5.82 Å². The fraction of sp³-hybridized carbons (Fsp3) is 0.364. The Morgan fingerprint density at radius 1 is 1.69 bits per heavy atom. The van der Waals surface area contributed by atoms with Crippen LogP contribution in [0.4, 0.5) is 5.82 Å². The highest BCUT2D eigenvalue weighted by molar-refractivity contribution is 5.93. The third-order valence-corrected chi connectivity index (χ3v) is 2.15. The molecule has 0 radical (unpaired) electrons. The lowest BCUT2D eigenvalue weighted by Crippen LogP contribution is -2.33. The molecule has 5 nitrogen and oxygen atoms in total. The van der Waals surface area contributed by atoms with E-state index in [1.54, 1.807) is 6.08 Å². The molecule has 1 rings (SSSR count). The normalized spacial score (nSPS) is 10.2. The van der Waals surface area contributed by atoms with Crippen LogP contribution >= 0.6 is 0 Å². The maximum atomic E-state index is 11.0. The molecule has 0 aliphatic heterocycles. The van der Waals surface area contributed by atoms with Gasteiger partial charge in [0, 0.05) is 12.6 Å². The van der Waals surface area contributed by atoms with Gasteiger partial charge in [0.1, 0.15) is 5.56 Å². The molecule has 0 fully saturated rings. The number of nitrogens with zero attached hydrogens (tertiary/aromatic N) is 3. The Morgan fingerprint density at radius 2 is 2.38 bits per heavy atom. The van der Waals surface area contributed by atoms with Crippen LogP contribution in [0.25, 0.3) is 0 Å². The predicted molar refractivity (Wildman–Crippen MR) is 61.7 cm³/mol. The number of carboxylic acid groups (broad SMARTS) is 1. The third-order valence-electron chi connectivity index (χ3n) is 2.15. The van der Waals surface area contributed by atoms with Crippen LogP contribution < -0.4 is 4.90 Å². The maximum absolute atomic E-state index is 11.0. The van der Waals surface area contributed by atoms with Crippen molar-refractivity contribution < 1.29 is 9.90 Å². The summed E-state index contributed by atoms with van der Waals surface area (Å²) in [4.78, 5) is 12.9. The maximum Gasteiger partial charge on any atom is 0.339 e. The lowest BCUT2D eigenvalue weighted by Gasteiger charge is -2.26. The number of carbonyl (C=O) groups is 1. The zero-order chi connectivity index (χ0) is 12.1. The fourth-order valence-electron chi connectivity index (χ4n) is 1.38. The van der Waals surface area contributed by atoms with Gasteiger partial charge >= 0.3 is 5.97 Å². The summed E-state index contributed by atoms with van der Waals surface area (Å²) in [5.41, 5.74) is 0.158. The quantitative estimate of drug-likeness (QED) is 0.764. The van der Waals surface area contributed by atoms with Crippen LogP contribution in [-0.4, -0.2) is 33.9 Å². The van der Waals surface area contributed by atoms with Crippen molar-refractivity contribution in [3.05, 3.63) is 30.5 Å². The summed E-state index contributed by atoms with van der Waals surface area (Å²) in [7, 11) is 0. The number of carboxylic acids is 1. The Hall–Kier alpha value is -1.91. The molecule has 0 saturated heterocycles. The molecular formula is C11H15N3O2. The van der Waals surface area contributed by atoms with Crippen molar-refractivity contribution in [2.75, 3.05) is 11.4 Å². The molecule has 1 aromatic heterocycles. The molecule has 1 aromatic rings. The van der Waals surface area contributed by atoms with E-state index in [1.807, 2.05) is 18.7 Å². The van der Waals surface area contributed by atoms with Gasteiger partial charge in [0.25, 0.3) is 0 Å². The summed E-state index contributed by atoms with van der Waals surface area (Å²) in [5.74, 6) is -0.621. The van der Waals surface area contributed by atoms with Crippen molar-refractivity contribution >= 4 is 11.8 Å². The van der Waals surface area contributed by atoms with E-state index in [9.17, 15) is 4.79 Å². The van der Waals surface area contributed by atoms with Gasteiger partial charge in [-0.3, -0.25) is 0 Å². The van der Waals surface area contributed by atoms with Crippen LogP contribution in [0.15, 0.2) is 24.9 Å². The number of aromatic nitrogens is 2. The van der Waals surface area contributed by atoms with E-state index in [1.165, 1.54) is 12.3 Å². The Morgan fingerprint density at radius 3 is 2.88 bits per heavy atom. The second-order valence-corrected chi connectivity index (χ2v) is 3.61. The highest BCUT2D eigenvalue weighted by Crippen LogP contribution is 2.18. The van der Waals surface area contributed by atoms with Crippen molar-refractivity contribution in [2.45, 2.75) is 19.9 Å². The number of aromatic carboxylic acids is 1. The highest BCUT2D eigenvalue weighted by Gasteiger charge is 2.18. The lowest BCUT2D eigenvalue weighted by atomic mass is 10.2. The summed E-state index contributed by atoms with van der Waals surface area (Å²) in [6.07, 6.45) is 3.08. The molecular weight excluding hydrogens is 206 g/mol.